The van der Waals surface area contributed by atoms with E-state index < -0.39 is 0 Å². The van der Waals surface area contributed by atoms with Crippen LogP contribution in [-0.2, 0) is 19.6 Å². The summed E-state index contributed by atoms with van der Waals surface area (Å²) in [5.74, 6) is 0.459. The highest BCUT2D eigenvalue weighted by atomic mass is 35.5. The first-order valence-electron chi connectivity index (χ1n) is 10.3. The number of fused-ring (bicyclic) bond motifs is 1. The van der Waals surface area contributed by atoms with Gasteiger partial charge >= 0.3 is 0 Å². The fourth-order valence-electron chi connectivity index (χ4n) is 3.57. The molecule has 164 valence electrons. The number of halogens is 1. The normalized spacial score (nSPS) is 10.8. The topological polar surface area (TPSA) is 81.1 Å². The minimum atomic E-state index is -0.164. The first-order chi connectivity index (χ1) is 15.6. The summed E-state index contributed by atoms with van der Waals surface area (Å²) < 4.78 is 7.14. The number of nitrogens with zero attached hydrogens (tertiary/aromatic N) is 3. The van der Waals surface area contributed by atoms with Crippen molar-refractivity contribution in [3.05, 3.63) is 82.8 Å². The molecular formula is C24H24ClN5O2. The fraction of sp³-hybridized carbons (Fsp3) is 0.208. The van der Waals surface area contributed by atoms with Gasteiger partial charge in [-0.3, -0.25) is 14.5 Å². The van der Waals surface area contributed by atoms with Crippen LogP contribution in [-0.4, -0.2) is 27.8 Å². The van der Waals surface area contributed by atoms with Crippen molar-refractivity contribution in [1.29, 1.82) is 0 Å². The molecule has 0 bridgehead atoms. The zero-order valence-electron chi connectivity index (χ0n) is 17.9. The highest BCUT2D eigenvalue weighted by Crippen LogP contribution is 2.30. The Morgan fingerprint density at radius 3 is 2.62 bits per heavy atom. The van der Waals surface area contributed by atoms with Gasteiger partial charge in [-0.1, -0.05) is 17.7 Å². The van der Waals surface area contributed by atoms with E-state index >= 15 is 0 Å². The molecule has 4 rings (SSSR count). The van der Waals surface area contributed by atoms with E-state index in [1.165, 1.54) is 0 Å². The maximum atomic E-state index is 13.1. The van der Waals surface area contributed by atoms with E-state index in [4.69, 9.17) is 16.3 Å². The number of anilines is 1. The van der Waals surface area contributed by atoms with E-state index in [0.29, 0.717) is 29.4 Å². The number of aromatic nitrogens is 3. The second-order valence-electron chi connectivity index (χ2n) is 7.24. The van der Waals surface area contributed by atoms with Gasteiger partial charge in [0, 0.05) is 37.4 Å². The van der Waals surface area contributed by atoms with E-state index in [2.05, 4.69) is 20.7 Å². The van der Waals surface area contributed by atoms with Gasteiger partial charge in [-0.15, -0.1) is 0 Å². The van der Waals surface area contributed by atoms with Crippen molar-refractivity contribution in [2.45, 2.75) is 26.6 Å². The summed E-state index contributed by atoms with van der Waals surface area (Å²) in [5.41, 5.74) is 4.21. The minimum Gasteiger partial charge on any atom is -0.495 e. The lowest BCUT2D eigenvalue weighted by atomic mass is 10.1. The van der Waals surface area contributed by atoms with Gasteiger partial charge in [-0.05, 0) is 54.4 Å². The van der Waals surface area contributed by atoms with E-state index in [1.54, 1.807) is 25.7 Å². The fourth-order valence-corrected chi connectivity index (χ4v) is 3.85. The molecule has 0 spiro atoms. The van der Waals surface area contributed by atoms with Gasteiger partial charge in [-0.25, -0.2) is 0 Å². The SMILES string of the molecule is CCn1ncc2c(NCc3ccc(OC)c(Cl)c3)c(C(=O)NCc3ccncc3)ccc21. The van der Waals surface area contributed by atoms with Crippen LogP contribution in [0.1, 0.15) is 28.4 Å². The Hall–Kier alpha value is -3.58. The average Bonchev–Trinajstić information content (AvgIpc) is 3.25. The number of amides is 1. The minimum absolute atomic E-state index is 0.164. The van der Waals surface area contributed by atoms with Crippen molar-refractivity contribution in [2.75, 3.05) is 12.4 Å². The molecule has 0 fully saturated rings. The smallest absolute Gasteiger partial charge is 0.253 e. The summed E-state index contributed by atoms with van der Waals surface area (Å²) in [6.45, 7) is 3.69. The lowest BCUT2D eigenvalue weighted by molar-refractivity contribution is 0.0952. The molecule has 2 aromatic heterocycles. The second kappa shape index (κ2) is 9.70. The van der Waals surface area contributed by atoms with Gasteiger partial charge in [0.1, 0.15) is 5.75 Å². The van der Waals surface area contributed by atoms with Crippen molar-refractivity contribution in [2.24, 2.45) is 0 Å². The summed E-state index contributed by atoms with van der Waals surface area (Å²) in [4.78, 5) is 17.1. The number of nitrogens with one attached hydrogen (secondary N) is 2. The summed E-state index contributed by atoms with van der Waals surface area (Å²) in [6.07, 6.45) is 5.21. The average molecular weight is 450 g/mol. The van der Waals surface area contributed by atoms with Crippen LogP contribution in [0, 0.1) is 0 Å². The molecule has 2 N–H and O–H groups in total. The van der Waals surface area contributed by atoms with Crippen LogP contribution in [0.25, 0.3) is 10.9 Å². The quantitative estimate of drug-likeness (QED) is 0.409. The van der Waals surface area contributed by atoms with Crippen molar-refractivity contribution < 1.29 is 9.53 Å². The molecule has 32 heavy (non-hydrogen) atoms. The van der Waals surface area contributed by atoms with Gasteiger partial charge in [0.2, 0.25) is 0 Å². The maximum Gasteiger partial charge on any atom is 0.253 e. The number of carbonyl (C=O) groups excluding carboxylic acids is 1. The molecule has 1 amide bonds. The third-order valence-corrected chi connectivity index (χ3v) is 5.55. The predicted octanol–water partition coefficient (Wildman–Crippen LogP) is 4.66. The molecule has 0 aliphatic heterocycles. The number of hydrogen-bond acceptors (Lipinski definition) is 5. The van der Waals surface area contributed by atoms with Crippen molar-refractivity contribution in [3.63, 3.8) is 0 Å². The predicted molar refractivity (Wildman–Crippen MR) is 126 cm³/mol. The van der Waals surface area contributed by atoms with E-state index in [0.717, 1.165) is 34.3 Å². The van der Waals surface area contributed by atoms with Crippen LogP contribution < -0.4 is 15.4 Å². The molecule has 7 nitrogen and oxygen atoms in total. The number of hydrogen-bond donors (Lipinski definition) is 2. The van der Waals surface area contributed by atoms with Gasteiger partial charge in [0.15, 0.2) is 0 Å². The monoisotopic (exact) mass is 449 g/mol. The second-order valence-corrected chi connectivity index (χ2v) is 7.65. The Bertz CT molecular complexity index is 1240. The van der Waals surface area contributed by atoms with Gasteiger partial charge in [-0.2, -0.15) is 5.10 Å². The van der Waals surface area contributed by atoms with Crippen LogP contribution in [0.2, 0.25) is 5.02 Å². The first-order valence-corrected chi connectivity index (χ1v) is 10.7. The van der Waals surface area contributed by atoms with Crippen LogP contribution in [0.3, 0.4) is 0 Å². The van der Waals surface area contributed by atoms with Crippen LogP contribution in [0.15, 0.2) is 61.1 Å². The van der Waals surface area contributed by atoms with E-state index in [1.807, 2.05) is 54.1 Å². The number of pyridine rings is 1. The molecule has 0 saturated carbocycles. The Morgan fingerprint density at radius 2 is 1.91 bits per heavy atom. The number of rotatable bonds is 8. The number of carbonyl (C=O) groups is 1. The van der Waals surface area contributed by atoms with Crippen molar-refractivity contribution >= 4 is 34.1 Å². The lowest BCUT2D eigenvalue weighted by Gasteiger charge is -2.15. The summed E-state index contributed by atoms with van der Waals surface area (Å²) >= 11 is 6.27. The molecule has 2 aromatic carbocycles. The molecule has 4 aromatic rings. The van der Waals surface area contributed by atoms with Gasteiger partial charge < -0.3 is 15.4 Å². The molecule has 8 heteroatoms. The van der Waals surface area contributed by atoms with Crippen LogP contribution in [0.5, 0.6) is 5.75 Å². The third-order valence-electron chi connectivity index (χ3n) is 5.26. The Kier molecular flexibility index (Phi) is 6.56. The summed E-state index contributed by atoms with van der Waals surface area (Å²) in [7, 11) is 1.59. The van der Waals surface area contributed by atoms with Crippen LogP contribution >= 0.6 is 11.6 Å². The van der Waals surface area contributed by atoms with Crippen molar-refractivity contribution in [1.82, 2.24) is 20.1 Å². The van der Waals surface area contributed by atoms with E-state index in [9.17, 15) is 4.79 Å². The number of ether oxygens (including phenoxy) is 1. The standard InChI is InChI=1S/C24H24ClN5O2/c1-3-30-21-6-5-18(24(31)28-13-16-8-10-26-11-9-16)23(19(21)15-29-30)27-14-17-4-7-22(32-2)20(25)12-17/h4-12,15,27H,3,13-14H2,1-2H3,(H,28,31). The molecule has 0 aliphatic rings. The number of aryl methyl sites for hydroxylation is 1. The highest BCUT2D eigenvalue weighted by Gasteiger charge is 2.17. The van der Waals surface area contributed by atoms with Crippen LogP contribution in [0.4, 0.5) is 5.69 Å². The Balaban J connectivity index is 1.62. The van der Waals surface area contributed by atoms with Gasteiger partial charge in [0.05, 0.1) is 35.1 Å². The molecular weight excluding hydrogens is 426 g/mol. The molecule has 0 aliphatic carbocycles. The molecule has 0 unspecified atom stereocenters. The number of benzene rings is 2. The molecule has 0 atom stereocenters. The van der Waals surface area contributed by atoms with Gasteiger partial charge in [0.25, 0.3) is 5.91 Å². The maximum absolute atomic E-state index is 13.1. The molecule has 0 radical (unpaired) electrons. The zero-order chi connectivity index (χ0) is 22.5. The van der Waals surface area contributed by atoms with Crippen molar-refractivity contribution in [3.8, 4) is 5.75 Å². The van der Waals surface area contributed by atoms with E-state index in [-0.39, 0.29) is 5.91 Å². The zero-order valence-corrected chi connectivity index (χ0v) is 18.7. The highest BCUT2D eigenvalue weighted by molar-refractivity contribution is 6.32. The number of methoxy groups -OCH3 is 1. The first kappa shape index (κ1) is 21.6. The summed E-state index contributed by atoms with van der Waals surface area (Å²) in [5, 5.41) is 12.3. The Morgan fingerprint density at radius 1 is 1.09 bits per heavy atom. The third kappa shape index (κ3) is 4.53. The summed E-state index contributed by atoms with van der Waals surface area (Å²) in [6, 6.07) is 13.1. The molecule has 0 saturated heterocycles. The largest absolute Gasteiger partial charge is 0.495 e. The lowest BCUT2D eigenvalue weighted by Crippen LogP contribution is -2.24. The Labute approximate surface area is 191 Å². The molecule has 2 heterocycles.